The number of hydrogen-bond acceptors (Lipinski definition) is 8. The quantitative estimate of drug-likeness (QED) is 0.222. The molecule has 2 aliphatic heterocycles. The maximum absolute atomic E-state index is 15.5. The molecule has 7 rings (SSSR count). The molecule has 0 saturated heterocycles. The minimum Gasteiger partial charge on any atom is -0.444 e. The number of carbonyl (C=O) groups is 1. The number of fused-ring (bicyclic) bond motifs is 3. The van der Waals surface area contributed by atoms with Crippen molar-refractivity contribution in [2.45, 2.75) is 51.2 Å². The molecule has 5 heterocycles. The first-order valence-electron chi connectivity index (χ1n) is 13.9. The summed E-state index contributed by atoms with van der Waals surface area (Å²) < 4.78 is 38.8. The van der Waals surface area contributed by atoms with Crippen molar-refractivity contribution in [2.75, 3.05) is 5.32 Å². The molecule has 1 saturated carbocycles. The third-order valence-corrected chi connectivity index (χ3v) is 8.10. The van der Waals surface area contributed by atoms with Crippen molar-refractivity contribution in [2.24, 2.45) is 10.9 Å². The van der Waals surface area contributed by atoms with Crippen LogP contribution in [0.4, 0.5) is 19.4 Å². The molecular formula is C30H25ClF2N8O3. The van der Waals surface area contributed by atoms with Gasteiger partial charge >= 0.3 is 6.09 Å². The van der Waals surface area contributed by atoms with E-state index in [4.69, 9.17) is 16.3 Å². The van der Waals surface area contributed by atoms with Crippen molar-refractivity contribution < 1.29 is 18.3 Å². The van der Waals surface area contributed by atoms with E-state index < -0.39 is 29.6 Å². The lowest BCUT2D eigenvalue weighted by Gasteiger charge is -2.20. The third kappa shape index (κ3) is 4.96. The lowest BCUT2D eigenvalue weighted by Crippen LogP contribution is -2.27. The number of anilines is 1. The van der Waals surface area contributed by atoms with Crippen LogP contribution in [0.25, 0.3) is 16.8 Å². The first-order valence-corrected chi connectivity index (χ1v) is 14.3. The van der Waals surface area contributed by atoms with E-state index in [2.05, 4.69) is 30.8 Å². The number of allylic oxidation sites excluding steroid dienone is 1. The number of halogens is 3. The highest BCUT2D eigenvalue weighted by atomic mass is 35.5. The molecule has 0 bridgehead atoms. The van der Waals surface area contributed by atoms with Gasteiger partial charge < -0.3 is 9.30 Å². The van der Waals surface area contributed by atoms with Crippen LogP contribution in [-0.2, 0) is 4.74 Å². The van der Waals surface area contributed by atoms with Crippen LogP contribution in [0.2, 0.25) is 5.02 Å². The molecule has 1 N–H and O–H groups in total. The Hall–Kier alpha value is -4.78. The number of ether oxygens (including phenoxy) is 1. The molecule has 0 spiro atoms. The van der Waals surface area contributed by atoms with Crippen molar-refractivity contribution in [1.29, 1.82) is 0 Å². The van der Waals surface area contributed by atoms with Gasteiger partial charge in [-0.05, 0) is 85.5 Å². The zero-order chi connectivity index (χ0) is 30.9. The van der Waals surface area contributed by atoms with Crippen molar-refractivity contribution in [3.63, 3.8) is 0 Å². The van der Waals surface area contributed by atoms with E-state index in [9.17, 15) is 9.59 Å². The van der Waals surface area contributed by atoms with Crippen molar-refractivity contribution in [3.8, 4) is 16.8 Å². The first kappa shape index (κ1) is 28.0. The molecule has 1 aliphatic carbocycles. The summed E-state index contributed by atoms with van der Waals surface area (Å²) in [5.41, 5.74) is 2.23. The fraction of sp³-hybridized carbons (Fsp3) is 0.300. The molecular weight excluding hydrogens is 594 g/mol. The average Bonchev–Trinajstić information content (AvgIpc) is 3.24. The van der Waals surface area contributed by atoms with E-state index in [-0.39, 0.29) is 40.9 Å². The molecule has 0 radical (unpaired) electrons. The Labute approximate surface area is 254 Å². The van der Waals surface area contributed by atoms with E-state index in [0.717, 1.165) is 12.1 Å². The molecule has 1 amide bonds. The standard InChI is InChI=1S/C30H25ClF2N8O3/c1-30(2,3)44-29(43)37-24-7-5-16(27(32)36-24)21-12-20(28(33)35-21)26-19-11-18(19)23-8-14(9-25(42)41(23)26)17-10-15(31)4-6-22(17)40-13-34-38-39-40/h4-10,13,18-19,26H,11-12H2,1-3H3,(H,36,37,43)/t18-,19+,26+/m1/s1. The number of pyridine rings is 2. The van der Waals surface area contributed by atoms with Crippen LogP contribution >= 0.6 is 11.6 Å². The maximum Gasteiger partial charge on any atom is 0.413 e. The Kier molecular flexibility index (Phi) is 6.46. The number of amides is 1. The summed E-state index contributed by atoms with van der Waals surface area (Å²) in [5, 5.41) is 14.3. The van der Waals surface area contributed by atoms with Gasteiger partial charge in [0.15, 0.2) is 0 Å². The van der Waals surface area contributed by atoms with Gasteiger partial charge in [0.1, 0.15) is 17.7 Å². The number of aromatic nitrogens is 6. The van der Waals surface area contributed by atoms with E-state index in [0.29, 0.717) is 27.4 Å². The number of nitrogens with zero attached hydrogens (tertiary/aromatic N) is 7. The Morgan fingerprint density at radius 1 is 1.11 bits per heavy atom. The second kappa shape index (κ2) is 10.2. The summed E-state index contributed by atoms with van der Waals surface area (Å²) in [6.45, 7) is 5.11. The Balaban J connectivity index is 1.16. The molecule has 4 aromatic rings. The maximum atomic E-state index is 15.5. The van der Waals surface area contributed by atoms with Crippen LogP contribution in [-0.4, -0.2) is 47.2 Å². The summed E-state index contributed by atoms with van der Waals surface area (Å²) in [4.78, 5) is 33.5. The largest absolute Gasteiger partial charge is 0.444 e. The first-order chi connectivity index (χ1) is 21.0. The van der Waals surface area contributed by atoms with Gasteiger partial charge in [-0.2, -0.15) is 13.5 Å². The summed E-state index contributed by atoms with van der Waals surface area (Å²) in [6.07, 6.45) is 1.48. The number of tetrazole rings is 1. The average molecular weight is 619 g/mol. The van der Waals surface area contributed by atoms with Gasteiger partial charge in [0.2, 0.25) is 11.9 Å². The zero-order valence-electron chi connectivity index (χ0n) is 23.8. The smallest absolute Gasteiger partial charge is 0.413 e. The van der Waals surface area contributed by atoms with Gasteiger partial charge in [-0.1, -0.05) is 11.6 Å². The number of aliphatic imine (C=N–C) groups is 1. The van der Waals surface area contributed by atoms with E-state index in [1.54, 1.807) is 43.5 Å². The highest BCUT2D eigenvalue weighted by Gasteiger charge is 2.55. The topological polar surface area (TPSA) is 129 Å². The SMILES string of the molecule is CC(C)(C)OC(=O)Nc1ccc(C2=NC(F)=C([C@@H]3[C@H]4C[C@H]4c4cc(-c5cc(Cl)ccc5-n5cnnn5)cc(=O)n43)C2)c(F)n1. The molecule has 3 aliphatic rings. The normalized spacial score (nSPS) is 20.3. The summed E-state index contributed by atoms with van der Waals surface area (Å²) in [5.74, 6) is -1.60. The molecule has 14 heteroatoms. The Bertz CT molecular complexity index is 1970. The lowest BCUT2D eigenvalue weighted by molar-refractivity contribution is 0.0635. The predicted octanol–water partition coefficient (Wildman–Crippen LogP) is 5.76. The molecule has 44 heavy (non-hydrogen) atoms. The predicted molar refractivity (Wildman–Crippen MR) is 157 cm³/mol. The van der Waals surface area contributed by atoms with E-state index in [1.165, 1.54) is 29.2 Å². The molecule has 3 aromatic heterocycles. The van der Waals surface area contributed by atoms with Gasteiger partial charge in [-0.15, -0.1) is 5.10 Å². The Morgan fingerprint density at radius 3 is 2.66 bits per heavy atom. The minimum atomic E-state index is -0.913. The van der Waals surface area contributed by atoms with Gasteiger partial charge in [-0.25, -0.2) is 14.8 Å². The molecule has 11 nitrogen and oxygen atoms in total. The second-order valence-electron chi connectivity index (χ2n) is 12.0. The number of rotatable bonds is 5. The summed E-state index contributed by atoms with van der Waals surface area (Å²) in [7, 11) is 0. The van der Waals surface area contributed by atoms with Crippen LogP contribution in [0.5, 0.6) is 0 Å². The van der Waals surface area contributed by atoms with Crippen molar-refractivity contribution >= 4 is 29.2 Å². The van der Waals surface area contributed by atoms with E-state index in [1.807, 2.05) is 6.07 Å². The van der Waals surface area contributed by atoms with Gasteiger partial charge in [0.25, 0.3) is 5.56 Å². The second-order valence-corrected chi connectivity index (χ2v) is 12.4. The van der Waals surface area contributed by atoms with Crippen LogP contribution in [0.1, 0.15) is 56.8 Å². The minimum absolute atomic E-state index is 0.00855. The van der Waals surface area contributed by atoms with Crippen molar-refractivity contribution in [3.05, 3.63) is 92.9 Å². The summed E-state index contributed by atoms with van der Waals surface area (Å²) in [6, 6.07) is 10.9. The number of benzene rings is 1. The van der Waals surface area contributed by atoms with Crippen LogP contribution in [0, 0.1) is 11.9 Å². The molecule has 1 aromatic carbocycles. The van der Waals surface area contributed by atoms with Crippen LogP contribution < -0.4 is 10.9 Å². The molecule has 1 fully saturated rings. The van der Waals surface area contributed by atoms with Gasteiger partial charge in [0.05, 0.1) is 23.0 Å². The summed E-state index contributed by atoms with van der Waals surface area (Å²) >= 11 is 6.32. The highest BCUT2D eigenvalue weighted by molar-refractivity contribution is 6.31. The van der Waals surface area contributed by atoms with Crippen LogP contribution in [0.15, 0.2) is 70.1 Å². The third-order valence-electron chi connectivity index (χ3n) is 7.87. The van der Waals surface area contributed by atoms with Gasteiger partial charge in [0, 0.05) is 40.3 Å². The zero-order valence-corrected chi connectivity index (χ0v) is 24.5. The Morgan fingerprint density at radius 2 is 1.93 bits per heavy atom. The van der Waals surface area contributed by atoms with Gasteiger partial charge in [-0.3, -0.25) is 10.1 Å². The molecule has 0 unspecified atom stereocenters. The van der Waals surface area contributed by atoms with Crippen LogP contribution in [0.3, 0.4) is 0 Å². The van der Waals surface area contributed by atoms with E-state index >= 15 is 8.78 Å². The lowest BCUT2D eigenvalue weighted by atomic mass is 9.97. The monoisotopic (exact) mass is 618 g/mol. The number of carbonyl (C=O) groups excluding carboxylic acids is 1. The number of hydrogen-bond donors (Lipinski definition) is 1. The fourth-order valence-electron chi connectivity index (χ4n) is 6.05. The van der Waals surface area contributed by atoms with Crippen molar-refractivity contribution in [1.82, 2.24) is 29.8 Å². The molecule has 3 atom stereocenters. The molecule has 224 valence electrons. The number of nitrogens with one attached hydrogen (secondary N) is 1. The highest BCUT2D eigenvalue weighted by Crippen LogP contribution is 2.62. The fourth-order valence-corrected chi connectivity index (χ4v) is 6.22.